The highest BCUT2D eigenvalue weighted by atomic mass is 15.0. The molecule has 0 bridgehead atoms. The molecule has 4 aromatic heterocycles. The lowest BCUT2D eigenvalue weighted by Gasteiger charge is -2.17. The van der Waals surface area contributed by atoms with Crippen molar-refractivity contribution in [2.45, 2.75) is 0 Å². The van der Waals surface area contributed by atoms with Crippen LogP contribution < -0.4 is 0 Å². The lowest BCUT2D eigenvalue weighted by atomic mass is 9.95. The summed E-state index contributed by atoms with van der Waals surface area (Å²) in [5, 5.41) is 11.0. The summed E-state index contributed by atoms with van der Waals surface area (Å²) in [6.45, 7) is 0. The molecule has 0 aliphatic carbocycles. The molecule has 0 aliphatic heterocycles. The molecular weight excluding hydrogens is 693 g/mol. The van der Waals surface area contributed by atoms with E-state index in [-0.39, 0.29) is 0 Å². The van der Waals surface area contributed by atoms with Gasteiger partial charge in [0.05, 0.1) is 38.6 Å². The molecule has 4 heteroatoms. The Kier molecular flexibility index (Phi) is 6.13. The fourth-order valence-corrected chi connectivity index (χ4v) is 9.73. The van der Waals surface area contributed by atoms with Crippen molar-refractivity contribution in [1.82, 2.24) is 18.5 Å². The maximum Gasteiger partial charge on any atom is 0.146 e. The summed E-state index contributed by atoms with van der Waals surface area (Å²) in [5.41, 5.74) is 13.5. The molecule has 264 valence electrons. The van der Waals surface area contributed by atoms with E-state index in [1.807, 2.05) is 0 Å². The number of nitrogens with zero attached hydrogens (tertiary/aromatic N) is 4. The molecule has 0 saturated heterocycles. The number of para-hydroxylation sites is 6. The van der Waals surface area contributed by atoms with Crippen LogP contribution in [0.4, 0.5) is 0 Å². The van der Waals surface area contributed by atoms with Gasteiger partial charge < -0.3 is 9.13 Å². The summed E-state index contributed by atoms with van der Waals surface area (Å²) in [6, 6.07) is 71.0. The predicted molar refractivity (Wildman–Crippen MR) is 239 cm³/mol. The number of hydrogen-bond acceptors (Lipinski definition) is 1. The van der Waals surface area contributed by atoms with Crippen molar-refractivity contribution in [1.29, 1.82) is 0 Å². The summed E-state index contributed by atoms with van der Waals surface area (Å²) >= 11 is 0. The molecule has 0 saturated carbocycles. The van der Waals surface area contributed by atoms with E-state index < -0.39 is 0 Å². The normalized spacial score (nSPS) is 12.2. The summed E-state index contributed by atoms with van der Waals surface area (Å²) in [7, 11) is 0. The van der Waals surface area contributed by atoms with E-state index in [2.05, 4.69) is 208 Å². The summed E-state index contributed by atoms with van der Waals surface area (Å²) in [5.74, 6) is 0. The monoisotopic (exact) mass is 724 g/mol. The zero-order valence-corrected chi connectivity index (χ0v) is 30.8. The van der Waals surface area contributed by atoms with E-state index in [9.17, 15) is 0 Å². The maximum atomic E-state index is 5.22. The minimum atomic E-state index is 0.985. The number of rotatable bonds is 3. The second-order valence-corrected chi connectivity index (χ2v) is 15.2. The lowest BCUT2D eigenvalue weighted by Crippen LogP contribution is -2.00. The number of benzene rings is 9. The number of fused-ring (bicyclic) bond motifs is 16. The Bertz CT molecular complexity index is 3580. The topological polar surface area (TPSA) is 27.2 Å². The quantitative estimate of drug-likeness (QED) is 0.167. The first kappa shape index (κ1) is 30.6. The van der Waals surface area contributed by atoms with E-state index in [4.69, 9.17) is 4.98 Å². The van der Waals surface area contributed by atoms with Gasteiger partial charge in [-0.05, 0) is 94.7 Å². The van der Waals surface area contributed by atoms with Gasteiger partial charge in [-0.25, -0.2) is 4.98 Å². The van der Waals surface area contributed by atoms with Gasteiger partial charge in [-0.1, -0.05) is 121 Å². The zero-order chi connectivity index (χ0) is 37.2. The van der Waals surface area contributed by atoms with Gasteiger partial charge in [0.2, 0.25) is 0 Å². The Morgan fingerprint density at radius 1 is 0.316 bits per heavy atom. The maximum absolute atomic E-state index is 5.22. The van der Waals surface area contributed by atoms with Gasteiger partial charge in [-0.2, -0.15) is 0 Å². The van der Waals surface area contributed by atoms with E-state index in [1.54, 1.807) is 0 Å². The van der Waals surface area contributed by atoms with Crippen molar-refractivity contribution < 1.29 is 0 Å². The van der Waals surface area contributed by atoms with Crippen LogP contribution in [0.3, 0.4) is 0 Å². The Labute approximate surface area is 326 Å². The van der Waals surface area contributed by atoms with Gasteiger partial charge in [0.15, 0.2) is 0 Å². The third-order valence-electron chi connectivity index (χ3n) is 12.1. The van der Waals surface area contributed by atoms with Crippen LogP contribution in [-0.4, -0.2) is 18.5 Å². The fourth-order valence-electron chi connectivity index (χ4n) is 9.73. The fraction of sp³-hybridized carbons (Fsp3) is 0. The van der Waals surface area contributed by atoms with Crippen molar-refractivity contribution in [3.8, 4) is 22.5 Å². The van der Waals surface area contributed by atoms with Gasteiger partial charge in [0, 0.05) is 49.1 Å². The minimum absolute atomic E-state index is 0.985. The van der Waals surface area contributed by atoms with Gasteiger partial charge in [0.25, 0.3) is 0 Å². The molecule has 0 N–H and O–H groups in total. The SMILES string of the molecule is c1ccc2c(c1)ccc1c2c2cc(-c3cc(-n4c5ccccc5c5ccccc54)cc(-n4c5ccccc5c5ccccc54)c3)ccc2n2c3ccccc3nc12. The number of imidazole rings is 1. The minimum Gasteiger partial charge on any atom is -0.309 e. The van der Waals surface area contributed by atoms with Crippen LogP contribution in [0.1, 0.15) is 0 Å². The molecule has 13 rings (SSSR count). The van der Waals surface area contributed by atoms with E-state index >= 15 is 0 Å². The molecule has 0 amide bonds. The Morgan fingerprint density at radius 3 is 1.42 bits per heavy atom. The van der Waals surface area contributed by atoms with Gasteiger partial charge >= 0.3 is 0 Å². The molecule has 4 nitrogen and oxygen atoms in total. The summed E-state index contributed by atoms with van der Waals surface area (Å²) in [6.07, 6.45) is 0. The molecule has 0 aliphatic rings. The molecule has 57 heavy (non-hydrogen) atoms. The predicted octanol–water partition coefficient (Wildman–Crippen LogP) is 13.8. The van der Waals surface area contributed by atoms with Crippen LogP contribution in [0.5, 0.6) is 0 Å². The van der Waals surface area contributed by atoms with Crippen LogP contribution >= 0.6 is 0 Å². The first-order valence-electron chi connectivity index (χ1n) is 19.6. The Hall–Kier alpha value is -7.69. The second-order valence-electron chi connectivity index (χ2n) is 15.2. The van der Waals surface area contributed by atoms with Crippen molar-refractivity contribution in [3.05, 3.63) is 194 Å². The van der Waals surface area contributed by atoms with Crippen LogP contribution in [0.2, 0.25) is 0 Å². The largest absolute Gasteiger partial charge is 0.309 e. The van der Waals surface area contributed by atoms with Gasteiger partial charge in [0.1, 0.15) is 5.65 Å². The molecule has 13 aromatic rings. The molecule has 0 spiro atoms. The van der Waals surface area contributed by atoms with Crippen molar-refractivity contribution in [3.63, 3.8) is 0 Å². The zero-order valence-electron chi connectivity index (χ0n) is 30.8. The van der Waals surface area contributed by atoms with E-state index in [0.29, 0.717) is 0 Å². The van der Waals surface area contributed by atoms with Gasteiger partial charge in [-0.3, -0.25) is 4.40 Å². The lowest BCUT2D eigenvalue weighted by molar-refractivity contribution is 1.13. The highest BCUT2D eigenvalue weighted by Gasteiger charge is 2.20. The molecule has 0 atom stereocenters. The first-order valence-corrected chi connectivity index (χ1v) is 19.6. The molecule has 0 fully saturated rings. The number of pyridine rings is 1. The van der Waals surface area contributed by atoms with Crippen LogP contribution in [0, 0.1) is 0 Å². The third kappa shape index (κ3) is 4.24. The van der Waals surface area contributed by atoms with Crippen LogP contribution in [-0.2, 0) is 0 Å². The molecular formula is C53H32N4. The van der Waals surface area contributed by atoms with E-state index in [1.165, 1.54) is 65.2 Å². The van der Waals surface area contributed by atoms with Gasteiger partial charge in [-0.15, -0.1) is 0 Å². The molecule has 0 unspecified atom stereocenters. The smallest absolute Gasteiger partial charge is 0.146 e. The number of aromatic nitrogens is 4. The van der Waals surface area contributed by atoms with Crippen molar-refractivity contribution in [2.24, 2.45) is 0 Å². The molecule has 9 aromatic carbocycles. The van der Waals surface area contributed by atoms with Crippen LogP contribution in [0.25, 0.3) is 115 Å². The summed E-state index contributed by atoms with van der Waals surface area (Å²) < 4.78 is 7.23. The molecule has 0 radical (unpaired) electrons. The second kappa shape index (κ2) is 11.4. The molecule has 4 heterocycles. The number of hydrogen-bond donors (Lipinski definition) is 0. The summed E-state index contributed by atoms with van der Waals surface area (Å²) in [4.78, 5) is 5.22. The van der Waals surface area contributed by atoms with Crippen LogP contribution in [0.15, 0.2) is 194 Å². The van der Waals surface area contributed by atoms with Crippen molar-refractivity contribution in [2.75, 3.05) is 0 Å². The van der Waals surface area contributed by atoms with Crippen molar-refractivity contribution >= 4 is 92.7 Å². The first-order chi connectivity index (χ1) is 28.3. The Morgan fingerprint density at radius 2 is 0.825 bits per heavy atom. The Balaban J connectivity index is 1.17. The third-order valence-corrected chi connectivity index (χ3v) is 12.1. The highest BCUT2D eigenvalue weighted by Crippen LogP contribution is 2.41. The average molecular weight is 725 g/mol. The van der Waals surface area contributed by atoms with E-state index in [0.717, 1.165) is 50.1 Å². The standard InChI is InChI=1S/C53H32N4/c1-2-14-38-33(13-1)25-27-43-52(38)44-31-34(26-28-50(44)57-51-24-12-7-19-45(51)54-53(43)57)35-29-36(55-46-20-8-3-15-39(46)40-16-4-9-21-47(40)55)32-37(30-35)56-48-22-10-5-17-41(48)42-18-6-11-23-49(42)56/h1-32H. The highest BCUT2D eigenvalue weighted by molar-refractivity contribution is 6.24. The average Bonchev–Trinajstić information content (AvgIpc) is 3.94.